The summed E-state index contributed by atoms with van der Waals surface area (Å²) >= 11 is 0. The van der Waals surface area contributed by atoms with Crippen molar-refractivity contribution in [2.75, 3.05) is 11.5 Å². The molecule has 1 aliphatic rings. The van der Waals surface area contributed by atoms with Crippen molar-refractivity contribution >= 4 is 9.84 Å². The Kier molecular flexibility index (Phi) is 3.61. The number of ether oxygens (including phenoxy) is 1. The molecule has 1 aromatic rings. The predicted molar refractivity (Wildman–Crippen MR) is 66.2 cm³/mol. The lowest BCUT2D eigenvalue weighted by molar-refractivity contribution is 0.0735. The first-order valence-corrected chi connectivity index (χ1v) is 7.53. The molecular weight excluding hydrogens is 256 g/mol. The minimum atomic E-state index is -3.22. The van der Waals surface area contributed by atoms with E-state index < -0.39 is 28.1 Å². The highest BCUT2D eigenvalue weighted by Gasteiger charge is 2.38. The topological polar surface area (TPSA) is 83.8 Å². The third kappa shape index (κ3) is 3.01. The van der Waals surface area contributed by atoms with Crippen LogP contribution in [0.1, 0.15) is 18.6 Å². The number of aliphatic hydroxyl groups is 2. The molecule has 0 amide bonds. The molecule has 6 heteroatoms. The molecular formula is C12H16O5S. The van der Waals surface area contributed by atoms with Crippen molar-refractivity contribution in [2.45, 2.75) is 25.2 Å². The van der Waals surface area contributed by atoms with Gasteiger partial charge in [0, 0.05) is 0 Å². The van der Waals surface area contributed by atoms with Gasteiger partial charge < -0.3 is 14.9 Å². The van der Waals surface area contributed by atoms with Crippen LogP contribution in [0.3, 0.4) is 0 Å². The molecule has 0 aliphatic carbocycles. The molecule has 0 aromatic heterocycles. The molecule has 3 atom stereocenters. The van der Waals surface area contributed by atoms with Crippen LogP contribution in [0.25, 0.3) is 0 Å². The number of rotatable bonds is 3. The summed E-state index contributed by atoms with van der Waals surface area (Å²) in [5.41, 5.74) is 0.683. The number of hydrogen-bond acceptors (Lipinski definition) is 5. The highest BCUT2D eigenvalue weighted by Crippen LogP contribution is 2.23. The van der Waals surface area contributed by atoms with Gasteiger partial charge in [0.05, 0.1) is 17.6 Å². The average Bonchev–Trinajstić information content (AvgIpc) is 2.52. The Labute approximate surface area is 106 Å². The fourth-order valence-electron chi connectivity index (χ4n) is 1.93. The molecule has 100 valence electrons. The molecule has 0 bridgehead atoms. The van der Waals surface area contributed by atoms with Crippen molar-refractivity contribution in [1.29, 1.82) is 0 Å². The van der Waals surface area contributed by atoms with Crippen molar-refractivity contribution in [1.82, 2.24) is 0 Å². The Morgan fingerprint density at radius 3 is 2.67 bits per heavy atom. The minimum absolute atomic E-state index is 0.174. The van der Waals surface area contributed by atoms with Crippen LogP contribution >= 0.6 is 0 Å². The van der Waals surface area contributed by atoms with Crippen LogP contribution in [-0.2, 0) is 9.84 Å². The van der Waals surface area contributed by atoms with E-state index in [4.69, 9.17) is 4.74 Å². The predicted octanol–water partition coefficient (Wildman–Crippen LogP) is 0.277. The zero-order chi connectivity index (χ0) is 13.3. The van der Waals surface area contributed by atoms with Gasteiger partial charge in [0.1, 0.15) is 18.0 Å². The Hall–Kier alpha value is -1.11. The second-order valence-corrected chi connectivity index (χ2v) is 6.70. The SMILES string of the molecule is CC(O)c1cccc(OC2CS(=O)(=O)CC2O)c1. The molecule has 1 aromatic carbocycles. The quantitative estimate of drug-likeness (QED) is 0.825. The summed E-state index contributed by atoms with van der Waals surface area (Å²) in [5, 5.41) is 19.1. The second kappa shape index (κ2) is 4.87. The number of benzene rings is 1. The maximum absolute atomic E-state index is 11.3. The van der Waals surface area contributed by atoms with E-state index in [2.05, 4.69) is 0 Å². The third-order valence-corrected chi connectivity index (χ3v) is 4.59. The molecule has 5 nitrogen and oxygen atoms in total. The fourth-order valence-corrected chi connectivity index (χ4v) is 3.59. The lowest BCUT2D eigenvalue weighted by Crippen LogP contribution is -2.29. The van der Waals surface area contributed by atoms with Crippen LogP contribution < -0.4 is 4.74 Å². The van der Waals surface area contributed by atoms with Gasteiger partial charge >= 0.3 is 0 Å². The lowest BCUT2D eigenvalue weighted by atomic mass is 10.1. The van der Waals surface area contributed by atoms with E-state index in [-0.39, 0.29) is 11.5 Å². The highest BCUT2D eigenvalue weighted by molar-refractivity contribution is 7.91. The van der Waals surface area contributed by atoms with Crippen LogP contribution in [0.5, 0.6) is 5.75 Å². The highest BCUT2D eigenvalue weighted by atomic mass is 32.2. The second-order valence-electron chi connectivity index (χ2n) is 4.55. The Morgan fingerprint density at radius 2 is 2.11 bits per heavy atom. The molecule has 2 rings (SSSR count). The zero-order valence-corrected chi connectivity index (χ0v) is 10.8. The molecule has 0 saturated carbocycles. The summed E-state index contributed by atoms with van der Waals surface area (Å²) in [6.07, 6.45) is -2.35. The normalized spacial score (nSPS) is 27.9. The Bertz CT molecular complexity index is 523. The fraction of sp³-hybridized carbons (Fsp3) is 0.500. The molecule has 1 saturated heterocycles. The van der Waals surface area contributed by atoms with Gasteiger partial charge in [0.25, 0.3) is 0 Å². The molecule has 0 spiro atoms. The van der Waals surface area contributed by atoms with E-state index in [0.29, 0.717) is 11.3 Å². The van der Waals surface area contributed by atoms with Crippen molar-refractivity contribution in [3.8, 4) is 5.75 Å². The van der Waals surface area contributed by atoms with Gasteiger partial charge in [-0.3, -0.25) is 0 Å². The average molecular weight is 272 g/mol. The first-order chi connectivity index (χ1) is 8.37. The summed E-state index contributed by atoms with van der Waals surface area (Å²) in [6.45, 7) is 1.63. The lowest BCUT2D eigenvalue weighted by Gasteiger charge is -2.16. The summed E-state index contributed by atoms with van der Waals surface area (Å²) in [4.78, 5) is 0. The van der Waals surface area contributed by atoms with E-state index in [0.717, 1.165) is 0 Å². The summed E-state index contributed by atoms with van der Waals surface area (Å²) < 4.78 is 28.1. The van der Waals surface area contributed by atoms with Crippen molar-refractivity contribution in [2.24, 2.45) is 0 Å². The van der Waals surface area contributed by atoms with Crippen LogP contribution in [0.2, 0.25) is 0 Å². The van der Waals surface area contributed by atoms with Gasteiger partial charge in [0.2, 0.25) is 0 Å². The maximum Gasteiger partial charge on any atom is 0.156 e. The van der Waals surface area contributed by atoms with E-state index in [1.165, 1.54) is 0 Å². The molecule has 3 unspecified atom stereocenters. The monoisotopic (exact) mass is 272 g/mol. The van der Waals surface area contributed by atoms with E-state index in [9.17, 15) is 18.6 Å². The van der Waals surface area contributed by atoms with Gasteiger partial charge in [-0.1, -0.05) is 12.1 Å². The first-order valence-electron chi connectivity index (χ1n) is 5.70. The molecule has 1 heterocycles. The number of sulfone groups is 1. The van der Waals surface area contributed by atoms with Crippen molar-refractivity contribution < 1.29 is 23.4 Å². The molecule has 1 fully saturated rings. The van der Waals surface area contributed by atoms with E-state index in [1.54, 1.807) is 31.2 Å². The van der Waals surface area contributed by atoms with Crippen LogP contribution in [-0.4, -0.2) is 42.3 Å². The largest absolute Gasteiger partial charge is 0.487 e. The van der Waals surface area contributed by atoms with Gasteiger partial charge in [-0.15, -0.1) is 0 Å². The smallest absolute Gasteiger partial charge is 0.156 e. The van der Waals surface area contributed by atoms with Crippen LogP contribution in [0.4, 0.5) is 0 Å². The van der Waals surface area contributed by atoms with E-state index >= 15 is 0 Å². The van der Waals surface area contributed by atoms with Crippen molar-refractivity contribution in [3.05, 3.63) is 29.8 Å². The van der Waals surface area contributed by atoms with E-state index in [1.807, 2.05) is 0 Å². The number of aliphatic hydroxyl groups excluding tert-OH is 2. The first kappa shape index (κ1) is 13.3. The molecule has 2 N–H and O–H groups in total. The Balaban J connectivity index is 2.13. The molecule has 1 aliphatic heterocycles. The molecule has 18 heavy (non-hydrogen) atoms. The zero-order valence-electron chi connectivity index (χ0n) is 9.98. The summed E-state index contributed by atoms with van der Waals surface area (Å²) in [7, 11) is -3.22. The minimum Gasteiger partial charge on any atom is -0.487 e. The summed E-state index contributed by atoms with van der Waals surface area (Å²) in [6, 6.07) is 6.78. The molecule has 0 radical (unpaired) electrons. The standard InChI is InChI=1S/C12H16O5S/c1-8(13)9-3-2-4-10(5-9)17-12-7-18(15,16)6-11(12)14/h2-5,8,11-14H,6-7H2,1H3. The Morgan fingerprint density at radius 1 is 1.39 bits per heavy atom. The van der Waals surface area contributed by atoms with Gasteiger partial charge in [-0.25, -0.2) is 8.42 Å². The van der Waals surface area contributed by atoms with Crippen LogP contribution in [0, 0.1) is 0 Å². The van der Waals surface area contributed by atoms with Gasteiger partial charge in [-0.05, 0) is 24.6 Å². The third-order valence-electron chi connectivity index (χ3n) is 2.90. The van der Waals surface area contributed by atoms with Gasteiger partial charge in [0.15, 0.2) is 9.84 Å². The maximum atomic E-state index is 11.3. The van der Waals surface area contributed by atoms with Crippen molar-refractivity contribution in [3.63, 3.8) is 0 Å². The van der Waals surface area contributed by atoms with Crippen LogP contribution in [0.15, 0.2) is 24.3 Å². The number of hydrogen-bond donors (Lipinski definition) is 2. The summed E-state index contributed by atoms with van der Waals surface area (Å²) in [5.74, 6) is 0.0236. The van der Waals surface area contributed by atoms with Gasteiger partial charge in [-0.2, -0.15) is 0 Å².